The highest BCUT2D eigenvalue weighted by Crippen LogP contribution is 2.18. The van der Waals surface area contributed by atoms with Crippen molar-refractivity contribution in [3.63, 3.8) is 0 Å². The zero-order valence-electron chi connectivity index (χ0n) is 10.7. The SMILES string of the molecule is CCC(CNc1nc2ncnc(Cl)c2[nH]1)N(C)C. The van der Waals surface area contributed by atoms with Gasteiger partial charge >= 0.3 is 0 Å². The summed E-state index contributed by atoms with van der Waals surface area (Å²) in [4.78, 5) is 17.6. The minimum atomic E-state index is 0.389. The minimum Gasteiger partial charge on any atom is -0.354 e. The predicted molar refractivity (Wildman–Crippen MR) is 72.9 cm³/mol. The van der Waals surface area contributed by atoms with Crippen LogP contribution in [0.1, 0.15) is 13.3 Å². The Bertz CT molecular complexity index is 523. The predicted octanol–water partition coefficient (Wildman–Crippen LogP) is 1.76. The zero-order chi connectivity index (χ0) is 13.1. The lowest BCUT2D eigenvalue weighted by Crippen LogP contribution is -2.34. The highest BCUT2D eigenvalue weighted by molar-refractivity contribution is 6.33. The van der Waals surface area contributed by atoms with E-state index in [9.17, 15) is 0 Å². The first-order valence-corrected chi connectivity index (χ1v) is 6.26. The van der Waals surface area contributed by atoms with Gasteiger partial charge in [0, 0.05) is 12.6 Å². The molecule has 0 spiro atoms. The molecule has 1 atom stereocenters. The van der Waals surface area contributed by atoms with E-state index in [2.05, 4.69) is 51.2 Å². The lowest BCUT2D eigenvalue weighted by molar-refractivity contribution is 0.297. The van der Waals surface area contributed by atoms with Gasteiger partial charge in [-0.25, -0.2) is 9.97 Å². The number of H-pyrrole nitrogens is 1. The molecule has 2 aromatic rings. The summed E-state index contributed by atoms with van der Waals surface area (Å²) in [6.45, 7) is 2.97. The first kappa shape index (κ1) is 13.0. The Morgan fingerprint density at radius 2 is 2.22 bits per heavy atom. The van der Waals surface area contributed by atoms with Gasteiger partial charge in [0.05, 0.1) is 0 Å². The normalized spacial score (nSPS) is 13.2. The second kappa shape index (κ2) is 5.49. The number of likely N-dealkylation sites (N-methyl/N-ethyl adjacent to an activating group) is 1. The Morgan fingerprint density at radius 3 is 2.83 bits per heavy atom. The van der Waals surface area contributed by atoms with Gasteiger partial charge in [0.15, 0.2) is 10.8 Å². The molecule has 0 amide bonds. The molecule has 0 radical (unpaired) electrons. The van der Waals surface area contributed by atoms with Gasteiger partial charge < -0.3 is 15.2 Å². The van der Waals surface area contributed by atoms with Gasteiger partial charge in [-0.2, -0.15) is 4.98 Å². The maximum atomic E-state index is 5.95. The summed E-state index contributed by atoms with van der Waals surface area (Å²) in [5.41, 5.74) is 1.25. The molecular weight excluding hydrogens is 252 g/mol. The van der Waals surface area contributed by atoms with Crippen LogP contribution in [0.3, 0.4) is 0 Å². The van der Waals surface area contributed by atoms with Crippen LogP contribution in [0.15, 0.2) is 6.33 Å². The first-order chi connectivity index (χ1) is 8.61. The second-order valence-corrected chi connectivity index (χ2v) is 4.71. The average Bonchev–Trinajstić information content (AvgIpc) is 2.74. The highest BCUT2D eigenvalue weighted by Gasteiger charge is 2.11. The maximum Gasteiger partial charge on any atom is 0.202 e. The molecule has 2 aromatic heterocycles. The topological polar surface area (TPSA) is 69.7 Å². The van der Waals surface area contributed by atoms with Crippen LogP contribution in [0.4, 0.5) is 5.95 Å². The monoisotopic (exact) mass is 268 g/mol. The van der Waals surface area contributed by atoms with Gasteiger partial charge in [0.25, 0.3) is 0 Å². The molecule has 0 saturated heterocycles. The number of fused-ring (bicyclic) bond motifs is 1. The molecule has 98 valence electrons. The van der Waals surface area contributed by atoms with Gasteiger partial charge in [0.1, 0.15) is 11.8 Å². The van der Waals surface area contributed by atoms with Crippen LogP contribution >= 0.6 is 11.6 Å². The van der Waals surface area contributed by atoms with E-state index in [1.165, 1.54) is 6.33 Å². The van der Waals surface area contributed by atoms with Crippen molar-refractivity contribution in [3.05, 3.63) is 11.5 Å². The molecule has 2 N–H and O–H groups in total. The number of aromatic nitrogens is 4. The van der Waals surface area contributed by atoms with Crippen molar-refractivity contribution in [3.8, 4) is 0 Å². The van der Waals surface area contributed by atoms with Crippen LogP contribution in [-0.4, -0.2) is 51.5 Å². The molecule has 2 rings (SSSR count). The minimum absolute atomic E-state index is 0.389. The fraction of sp³-hybridized carbons (Fsp3) is 0.545. The van der Waals surface area contributed by atoms with E-state index in [1.807, 2.05) is 0 Å². The Morgan fingerprint density at radius 1 is 1.44 bits per heavy atom. The standard InChI is InChI=1S/C11H17ClN6/c1-4-7(18(2)3)5-13-11-16-8-9(12)14-6-15-10(8)17-11/h6-7H,4-5H2,1-3H3,(H2,13,14,15,16,17). The Kier molecular flexibility index (Phi) is 3.98. The molecule has 1 unspecified atom stereocenters. The van der Waals surface area contributed by atoms with Gasteiger partial charge in [-0.05, 0) is 20.5 Å². The number of imidazole rings is 1. The lowest BCUT2D eigenvalue weighted by Gasteiger charge is -2.22. The smallest absolute Gasteiger partial charge is 0.202 e. The van der Waals surface area contributed by atoms with Crippen LogP contribution in [0.2, 0.25) is 5.15 Å². The summed E-state index contributed by atoms with van der Waals surface area (Å²) in [7, 11) is 4.13. The molecule has 0 saturated carbocycles. The van der Waals surface area contributed by atoms with E-state index in [0.29, 0.717) is 28.3 Å². The molecule has 0 aromatic carbocycles. The molecular formula is C11H17ClN6. The molecule has 6 nitrogen and oxygen atoms in total. The van der Waals surface area contributed by atoms with Crippen molar-refractivity contribution in [2.45, 2.75) is 19.4 Å². The van der Waals surface area contributed by atoms with E-state index in [4.69, 9.17) is 11.6 Å². The maximum absolute atomic E-state index is 5.95. The number of hydrogen-bond acceptors (Lipinski definition) is 5. The summed E-state index contributed by atoms with van der Waals surface area (Å²) >= 11 is 5.95. The molecule has 18 heavy (non-hydrogen) atoms. The molecule has 7 heteroatoms. The van der Waals surface area contributed by atoms with Crippen LogP contribution in [-0.2, 0) is 0 Å². The third-order valence-electron chi connectivity index (χ3n) is 2.95. The lowest BCUT2D eigenvalue weighted by atomic mass is 10.2. The van der Waals surface area contributed by atoms with Crippen molar-refractivity contribution in [1.82, 2.24) is 24.8 Å². The van der Waals surface area contributed by atoms with Crippen LogP contribution in [0.25, 0.3) is 11.2 Å². The van der Waals surface area contributed by atoms with E-state index < -0.39 is 0 Å². The molecule has 0 bridgehead atoms. The fourth-order valence-corrected chi connectivity index (χ4v) is 1.97. The Labute approximate surface area is 111 Å². The fourth-order valence-electron chi connectivity index (χ4n) is 1.79. The molecule has 0 fully saturated rings. The van der Waals surface area contributed by atoms with E-state index in [0.717, 1.165) is 13.0 Å². The summed E-state index contributed by atoms with van der Waals surface area (Å²) in [6.07, 6.45) is 2.48. The van der Waals surface area contributed by atoms with E-state index in [-0.39, 0.29) is 0 Å². The van der Waals surface area contributed by atoms with Gasteiger partial charge in [-0.3, -0.25) is 0 Å². The number of anilines is 1. The molecule has 0 aliphatic heterocycles. The summed E-state index contributed by atoms with van der Waals surface area (Å²) in [5, 5.41) is 3.65. The van der Waals surface area contributed by atoms with Crippen molar-refractivity contribution < 1.29 is 0 Å². The third kappa shape index (κ3) is 2.70. The summed E-state index contributed by atoms with van der Waals surface area (Å²) in [6, 6.07) is 0.458. The van der Waals surface area contributed by atoms with Crippen molar-refractivity contribution in [2.24, 2.45) is 0 Å². The first-order valence-electron chi connectivity index (χ1n) is 5.88. The molecule has 2 heterocycles. The van der Waals surface area contributed by atoms with E-state index >= 15 is 0 Å². The second-order valence-electron chi connectivity index (χ2n) is 4.36. The summed E-state index contributed by atoms with van der Waals surface area (Å²) in [5.74, 6) is 0.674. The number of nitrogens with one attached hydrogen (secondary N) is 2. The number of aromatic amines is 1. The van der Waals surface area contributed by atoms with Gasteiger partial charge in [-0.1, -0.05) is 18.5 Å². The van der Waals surface area contributed by atoms with E-state index in [1.54, 1.807) is 0 Å². The number of nitrogens with zero attached hydrogens (tertiary/aromatic N) is 4. The molecule has 0 aliphatic rings. The highest BCUT2D eigenvalue weighted by atomic mass is 35.5. The Balaban J connectivity index is 2.10. The number of halogens is 1. The van der Waals surface area contributed by atoms with Crippen molar-refractivity contribution >= 4 is 28.7 Å². The zero-order valence-corrected chi connectivity index (χ0v) is 11.5. The van der Waals surface area contributed by atoms with Gasteiger partial charge in [0.2, 0.25) is 5.95 Å². The van der Waals surface area contributed by atoms with Crippen LogP contribution < -0.4 is 5.32 Å². The Hall–Kier alpha value is -1.40. The van der Waals surface area contributed by atoms with Crippen LogP contribution in [0, 0.1) is 0 Å². The number of hydrogen-bond donors (Lipinski definition) is 2. The molecule has 0 aliphatic carbocycles. The largest absolute Gasteiger partial charge is 0.354 e. The average molecular weight is 269 g/mol. The third-order valence-corrected chi connectivity index (χ3v) is 3.24. The number of rotatable bonds is 5. The van der Waals surface area contributed by atoms with Crippen molar-refractivity contribution in [2.75, 3.05) is 26.0 Å². The summed E-state index contributed by atoms with van der Waals surface area (Å²) < 4.78 is 0. The quantitative estimate of drug-likeness (QED) is 0.809. The van der Waals surface area contributed by atoms with Crippen molar-refractivity contribution in [1.29, 1.82) is 0 Å². The van der Waals surface area contributed by atoms with Gasteiger partial charge in [-0.15, -0.1) is 0 Å². The van der Waals surface area contributed by atoms with Crippen LogP contribution in [0.5, 0.6) is 0 Å².